The molecule has 90 valence electrons. The summed E-state index contributed by atoms with van der Waals surface area (Å²) in [5.74, 6) is 0.642. The van der Waals surface area contributed by atoms with Crippen molar-refractivity contribution in [3.05, 3.63) is 35.9 Å². The summed E-state index contributed by atoms with van der Waals surface area (Å²) in [7, 11) is 0. The standard InChI is InChI=1S/C14H23NO/c1-11(2)9-14(15-12(3)10-16)13-7-5-4-6-8-13/h4-8,11-12,14-16H,9-10H2,1-3H3/t12-,14?/m1/s1. The highest BCUT2D eigenvalue weighted by atomic mass is 16.3. The predicted octanol–water partition coefficient (Wildman–Crippen LogP) is 2.74. The summed E-state index contributed by atoms with van der Waals surface area (Å²) in [4.78, 5) is 0. The summed E-state index contributed by atoms with van der Waals surface area (Å²) in [6.45, 7) is 6.64. The summed E-state index contributed by atoms with van der Waals surface area (Å²) in [5.41, 5.74) is 1.30. The quantitative estimate of drug-likeness (QED) is 0.774. The van der Waals surface area contributed by atoms with Crippen molar-refractivity contribution in [1.82, 2.24) is 5.32 Å². The first-order chi connectivity index (χ1) is 7.63. The number of benzene rings is 1. The van der Waals surface area contributed by atoms with E-state index in [4.69, 9.17) is 5.11 Å². The molecule has 0 saturated heterocycles. The highest BCUT2D eigenvalue weighted by Gasteiger charge is 2.14. The predicted molar refractivity (Wildman–Crippen MR) is 68.3 cm³/mol. The third-order valence-corrected chi connectivity index (χ3v) is 2.67. The van der Waals surface area contributed by atoms with Crippen LogP contribution in [0.25, 0.3) is 0 Å². The van der Waals surface area contributed by atoms with Crippen LogP contribution in [0.15, 0.2) is 30.3 Å². The van der Waals surface area contributed by atoms with Crippen LogP contribution < -0.4 is 5.32 Å². The minimum absolute atomic E-state index is 0.143. The largest absolute Gasteiger partial charge is 0.395 e. The van der Waals surface area contributed by atoms with E-state index in [1.807, 2.05) is 13.0 Å². The smallest absolute Gasteiger partial charge is 0.0582 e. The molecule has 2 nitrogen and oxygen atoms in total. The number of nitrogens with one attached hydrogen (secondary N) is 1. The lowest BCUT2D eigenvalue weighted by Gasteiger charge is -2.24. The second-order valence-corrected chi connectivity index (χ2v) is 4.84. The van der Waals surface area contributed by atoms with Crippen LogP contribution in [0.1, 0.15) is 38.8 Å². The first-order valence-corrected chi connectivity index (χ1v) is 6.05. The Kier molecular flexibility index (Phi) is 5.50. The van der Waals surface area contributed by atoms with Crippen LogP contribution in [0.2, 0.25) is 0 Å². The molecule has 2 heteroatoms. The van der Waals surface area contributed by atoms with Crippen molar-refractivity contribution < 1.29 is 5.11 Å². The van der Waals surface area contributed by atoms with Gasteiger partial charge in [-0.25, -0.2) is 0 Å². The molecule has 0 aromatic heterocycles. The Labute approximate surface area is 98.7 Å². The fraction of sp³-hybridized carbons (Fsp3) is 0.571. The minimum atomic E-state index is 0.143. The first-order valence-electron chi connectivity index (χ1n) is 6.05. The van der Waals surface area contributed by atoms with Gasteiger partial charge in [-0.15, -0.1) is 0 Å². The van der Waals surface area contributed by atoms with E-state index in [0.29, 0.717) is 12.0 Å². The van der Waals surface area contributed by atoms with Gasteiger partial charge >= 0.3 is 0 Å². The lowest BCUT2D eigenvalue weighted by molar-refractivity contribution is 0.234. The third kappa shape index (κ3) is 4.33. The van der Waals surface area contributed by atoms with Crippen LogP contribution in [0.3, 0.4) is 0 Å². The van der Waals surface area contributed by atoms with Gasteiger partial charge in [-0.05, 0) is 24.8 Å². The average molecular weight is 221 g/mol. The van der Waals surface area contributed by atoms with Gasteiger partial charge in [0, 0.05) is 12.1 Å². The van der Waals surface area contributed by atoms with Gasteiger partial charge in [0.2, 0.25) is 0 Å². The molecule has 0 aliphatic heterocycles. The number of rotatable bonds is 6. The van der Waals surface area contributed by atoms with Gasteiger partial charge in [-0.1, -0.05) is 44.2 Å². The van der Waals surface area contributed by atoms with Crippen LogP contribution in [-0.2, 0) is 0 Å². The van der Waals surface area contributed by atoms with E-state index < -0.39 is 0 Å². The topological polar surface area (TPSA) is 32.3 Å². The molecular weight excluding hydrogens is 198 g/mol. The fourth-order valence-corrected chi connectivity index (χ4v) is 1.85. The Morgan fingerprint density at radius 2 is 1.75 bits per heavy atom. The van der Waals surface area contributed by atoms with Crippen LogP contribution >= 0.6 is 0 Å². The molecule has 0 fully saturated rings. The van der Waals surface area contributed by atoms with Gasteiger partial charge in [0.1, 0.15) is 0 Å². The molecule has 0 aliphatic carbocycles. The number of aliphatic hydroxyl groups excluding tert-OH is 1. The molecule has 0 saturated carbocycles. The first kappa shape index (κ1) is 13.2. The number of hydrogen-bond donors (Lipinski definition) is 2. The van der Waals surface area contributed by atoms with Gasteiger partial charge in [0.05, 0.1) is 6.61 Å². The van der Waals surface area contributed by atoms with Crippen molar-refractivity contribution in [3.63, 3.8) is 0 Å². The van der Waals surface area contributed by atoms with Crippen LogP contribution in [0.4, 0.5) is 0 Å². The molecule has 1 aromatic rings. The molecule has 0 amide bonds. The fourth-order valence-electron chi connectivity index (χ4n) is 1.85. The summed E-state index contributed by atoms with van der Waals surface area (Å²) >= 11 is 0. The monoisotopic (exact) mass is 221 g/mol. The van der Waals surface area contributed by atoms with Crippen LogP contribution in [0, 0.1) is 5.92 Å². The summed E-state index contributed by atoms with van der Waals surface area (Å²) in [6.07, 6.45) is 1.09. The zero-order chi connectivity index (χ0) is 12.0. The average Bonchev–Trinajstić information content (AvgIpc) is 2.28. The maximum absolute atomic E-state index is 9.10. The molecule has 0 heterocycles. The molecule has 1 unspecified atom stereocenters. The maximum atomic E-state index is 9.10. The lowest BCUT2D eigenvalue weighted by atomic mass is 9.96. The van der Waals surface area contributed by atoms with E-state index in [0.717, 1.165) is 6.42 Å². The van der Waals surface area contributed by atoms with Crippen molar-refractivity contribution >= 4 is 0 Å². The lowest BCUT2D eigenvalue weighted by Crippen LogP contribution is -2.33. The molecule has 0 aliphatic rings. The Morgan fingerprint density at radius 3 is 2.25 bits per heavy atom. The van der Waals surface area contributed by atoms with E-state index in [2.05, 4.69) is 43.4 Å². The van der Waals surface area contributed by atoms with Gasteiger partial charge in [0.15, 0.2) is 0 Å². The molecular formula is C14H23NO. The van der Waals surface area contributed by atoms with Crippen molar-refractivity contribution in [2.45, 2.75) is 39.3 Å². The van der Waals surface area contributed by atoms with Crippen molar-refractivity contribution in [1.29, 1.82) is 0 Å². The third-order valence-electron chi connectivity index (χ3n) is 2.67. The molecule has 0 bridgehead atoms. The molecule has 2 atom stereocenters. The Bertz CT molecular complexity index is 284. The number of hydrogen-bond acceptors (Lipinski definition) is 2. The summed E-state index contributed by atoms with van der Waals surface area (Å²) in [5, 5.41) is 12.6. The van der Waals surface area contributed by atoms with Crippen molar-refractivity contribution in [2.24, 2.45) is 5.92 Å². The molecule has 1 aromatic carbocycles. The second-order valence-electron chi connectivity index (χ2n) is 4.84. The SMILES string of the molecule is CC(C)CC(N[C@H](C)CO)c1ccccc1. The Morgan fingerprint density at radius 1 is 1.12 bits per heavy atom. The van der Waals surface area contributed by atoms with E-state index in [-0.39, 0.29) is 12.6 Å². The Balaban J connectivity index is 2.71. The number of aliphatic hydroxyl groups is 1. The molecule has 0 spiro atoms. The normalized spacial score (nSPS) is 15.1. The van der Waals surface area contributed by atoms with Gasteiger partial charge in [0.25, 0.3) is 0 Å². The molecule has 16 heavy (non-hydrogen) atoms. The van der Waals surface area contributed by atoms with E-state index in [1.54, 1.807) is 0 Å². The van der Waals surface area contributed by atoms with Crippen molar-refractivity contribution in [2.75, 3.05) is 6.61 Å². The highest BCUT2D eigenvalue weighted by molar-refractivity contribution is 5.19. The van der Waals surface area contributed by atoms with Gasteiger partial charge in [-0.3, -0.25) is 0 Å². The molecule has 2 N–H and O–H groups in total. The van der Waals surface area contributed by atoms with E-state index in [9.17, 15) is 0 Å². The maximum Gasteiger partial charge on any atom is 0.0582 e. The van der Waals surface area contributed by atoms with Gasteiger partial charge < -0.3 is 10.4 Å². The van der Waals surface area contributed by atoms with Crippen LogP contribution in [0.5, 0.6) is 0 Å². The van der Waals surface area contributed by atoms with Crippen LogP contribution in [-0.4, -0.2) is 17.8 Å². The van der Waals surface area contributed by atoms with Crippen molar-refractivity contribution in [3.8, 4) is 0 Å². The summed E-state index contributed by atoms with van der Waals surface area (Å²) in [6, 6.07) is 10.9. The van der Waals surface area contributed by atoms with E-state index >= 15 is 0 Å². The van der Waals surface area contributed by atoms with Gasteiger partial charge in [-0.2, -0.15) is 0 Å². The zero-order valence-electron chi connectivity index (χ0n) is 10.5. The Hall–Kier alpha value is -0.860. The zero-order valence-corrected chi connectivity index (χ0v) is 10.5. The summed E-state index contributed by atoms with van der Waals surface area (Å²) < 4.78 is 0. The second kappa shape index (κ2) is 6.66. The minimum Gasteiger partial charge on any atom is -0.395 e. The molecule has 0 radical (unpaired) electrons. The highest BCUT2D eigenvalue weighted by Crippen LogP contribution is 2.21. The van der Waals surface area contributed by atoms with E-state index in [1.165, 1.54) is 5.56 Å². The molecule has 1 rings (SSSR count).